The quantitative estimate of drug-likeness (QED) is 0.453. The second-order valence-corrected chi connectivity index (χ2v) is 3.67. The number of hydrogen-bond acceptors (Lipinski definition) is 4. The molecule has 0 atom stereocenters. The van der Waals surface area contributed by atoms with Gasteiger partial charge < -0.3 is 11.1 Å². The van der Waals surface area contributed by atoms with E-state index >= 15 is 0 Å². The fourth-order valence-electron chi connectivity index (χ4n) is 0.907. The van der Waals surface area contributed by atoms with E-state index in [0.717, 1.165) is 6.54 Å². The largest absolute Gasteiger partial charge is 0.370 e. The Hall–Kier alpha value is -0.930. The molecule has 0 amide bonds. The van der Waals surface area contributed by atoms with Crippen molar-refractivity contribution in [2.24, 2.45) is 23.7 Å². The molecule has 0 bridgehead atoms. The third-order valence-electron chi connectivity index (χ3n) is 1.63. The Morgan fingerprint density at radius 1 is 1.56 bits per heavy atom. The van der Waals surface area contributed by atoms with Crippen LogP contribution in [-0.2, 0) is 13.6 Å². The molecule has 0 radical (unpaired) electrons. The highest BCUT2D eigenvalue weighted by Gasteiger charge is 1.99. The summed E-state index contributed by atoms with van der Waals surface area (Å²) in [6, 6.07) is 0. The maximum absolute atomic E-state index is 5.63. The number of nitrogens with one attached hydrogen (secondary N) is 1. The second-order valence-electron chi connectivity index (χ2n) is 3.67. The van der Waals surface area contributed by atoms with Crippen molar-refractivity contribution in [2.45, 2.75) is 20.4 Å². The minimum Gasteiger partial charge on any atom is -0.370 e. The topological polar surface area (TPSA) is 94.0 Å². The Balaban J connectivity index is 0.00000225. The van der Waals surface area contributed by atoms with Crippen LogP contribution in [0.3, 0.4) is 0 Å². The number of aliphatic imine (C=N–C) groups is 1. The van der Waals surface area contributed by atoms with E-state index in [0.29, 0.717) is 24.2 Å². The summed E-state index contributed by atoms with van der Waals surface area (Å²) in [5.41, 5.74) is 5.63. The minimum atomic E-state index is 0. The van der Waals surface area contributed by atoms with E-state index in [2.05, 4.69) is 39.6 Å². The minimum absolute atomic E-state index is 0. The summed E-state index contributed by atoms with van der Waals surface area (Å²) in [7, 11) is 1.71. The number of aryl methyl sites for hydroxylation is 1. The average molecular weight is 339 g/mol. The first-order valence-corrected chi connectivity index (χ1v) is 4.84. The number of nitrogens with zero attached hydrogens (tertiary/aromatic N) is 5. The standard InChI is InChI=1S/C8H17N7.HI/c1-6(2)4-10-8(9)11-5-7-12-14-15(3)13-7;/h6H,4-5H2,1-3H3,(H3,9,10,11);1H. The van der Waals surface area contributed by atoms with Crippen LogP contribution in [0.2, 0.25) is 0 Å². The Bertz CT molecular complexity index is 333. The Morgan fingerprint density at radius 3 is 2.75 bits per heavy atom. The molecule has 0 saturated heterocycles. The van der Waals surface area contributed by atoms with Crippen molar-refractivity contribution in [3.8, 4) is 0 Å². The zero-order chi connectivity index (χ0) is 11.3. The molecule has 8 heteroatoms. The molecular weight excluding hydrogens is 321 g/mol. The van der Waals surface area contributed by atoms with Crippen molar-refractivity contribution in [3.63, 3.8) is 0 Å². The number of aromatic nitrogens is 4. The first kappa shape index (κ1) is 15.1. The number of guanidine groups is 1. The monoisotopic (exact) mass is 339 g/mol. The highest BCUT2D eigenvalue weighted by atomic mass is 127. The summed E-state index contributed by atoms with van der Waals surface area (Å²) >= 11 is 0. The molecular formula is C8H18IN7. The molecule has 0 aliphatic rings. The summed E-state index contributed by atoms with van der Waals surface area (Å²) in [6.07, 6.45) is 0. The van der Waals surface area contributed by atoms with Crippen LogP contribution in [0.5, 0.6) is 0 Å². The van der Waals surface area contributed by atoms with Gasteiger partial charge in [-0.25, -0.2) is 4.99 Å². The summed E-state index contributed by atoms with van der Waals surface area (Å²) in [6.45, 7) is 5.36. The first-order chi connectivity index (χ1) is 7.08. The lowest BCUT2D eigenvalue weighted by Crippen LogP contribution is -2.34. The summed E-state index contributed by atoms with van der Waals surface area (Å²) in [5.74, 6) is 1.51. The molecule has 1 aromatic rings. The molecule has 1 aromatic heterocycles. The first-order valence-electron chi connectivity index (χ1n) is 4.84. The van der Waals surface area contributed by atoms with Gasteiger partial charge in [0, 0.05) is 6.54 Å². The highest BCUT2D eigenvalue weighted by Crippen LogP contribution is 1.89. The van der Waals surface area contributed by atoms with Crippen LogP contribution in [0, 0.1) is 5.92 Å². The zero-order valence-electron chi connectivity index (χ0n) is 9.71. The summed E-state index contributed by atoms with van der Waals surface area (Å²) in [4.78, 5) is 5.48. The van der Waals surface area contributed by atoms with Crippen LogP contribution in [0.4, 0.5) is 0 Å². The number of rotatable bonds is 4. The van der Waals surface area contributed by atoms with Crippen molar-refractivity contribution in [3.05, 3.63) is 5.82 Å². The number of tetrazole rings is 1. The van der Waals surface area contributed by atoms with Crippen LogP contribution in [-0.4, -0.2) is 32.7 Å². The molecule has 3 N–H and O–H groups in total. The molecule has 0 aliphatic carbocycles. The van der Waals surface area contributed by atoms with Crippen LogP contribution in [0.15, 0.2) is 4.99 Å². The molecule has 0 spiro atoms. The predicted molar refractivity (Wildman–Crippen MR) is 72.4 cm³/mol. The number of nitrogens with two attached hydrogens (primary N) is 1. The summed E-state index contributed by atoms with van der Waals surface area (Å²) in [5, 5.41) is 14.5. The lowest BCUT2D eigenvalue weighted by molar-refractivity contribution is 0.620. The van der Waals surface area contributed by atoms with Gasteiger partial charge in [0.05, 0.1) is 7.05 Å². The van der Waals surface area contributed by atoms with Gasteiger partial charge in [-0.1, -0.05) is 13.8 Å². The zero-order valence-corrected chi connectivity index (χ0v) is 12.0. The Morgan fingerprint density at radius 2 is 2.25 bits per heavy atom. The average Bonchev–Trinajstić information content (AvgIpc) is 2.58. The molecule has 0 fully saturated rings. The molecule has 92 valence electrons. The smallest absolute Gasteiger partial charge is 0.196 e. The van der Waals surface area contributed by atoms with E-state index < -0.39 is 0 Å². The third kappa shape index (κ3) is 5.83. The molecule has 0 unspecified atom stereocenters. The highest BCUT2D eigenvalue weighted by molar-refractivity contribution is 14.0. The van der Waals surface area contributed by atoms with Gasteiger partial charge >= 0.3 is 0 Å². The van der Waals surface area contributed by atoms with Crippen molar-refractivity contribution in [1.82, 2.24) is 25.5 Å². The van der Waals surface area contributed by atoms with Crippen molar-refractivity contribution in [2.75, 3.05) is 6.54 Å². The maximum Gasteiger partial charge on any atom is 0.196 e. The van der Waals surface area contributed by atoms with Crippen LogP contribution in [0.25, 0.3) is 0 Å². The van der Waals surface area contributed by atoms with E-state index in [1.807, 2.05) is 0 Å². The van der Waals surface area contributed by atoms with Crippen LogP contribution in [0.1, 0.15) is 19.7 Å². The molecule has 0 aromatic carbocycles. The van der Waals surface area contributed by atoms with Gasteiger partial charge in [-0.15, -0.1) is 34.2 Å². The predicted octanol–water partition coefficient (Wildman–Crippen LogP) is -0.112. The lowest BCUT2D eigenvalue weighted by Gasteiger charge is -2.06. The normalized spacial score (nSPS) is 11.4. The van der Waals surface area contributed by atoms with E-state index in [4.69, 9.17) is 5.73 Å². The fourth-order valence-corrected chi connectivity index (χ4v) is 0.907. The van der Waals surface area contributed by atoms with Gasteiger partial charge in [-0.05, 0) is 11.1 Å². The third-order valence-corrected chi connectivity index (χ3v) is 1.63. The summed E-state index contributed by atoms with van der Waals surface area (Å²) < 4.78 is 0. The van der Waals surface area contributed by atoms with E-state index in [1.165, 1.54) is 4.80 Å². The lowest BCUT2D eigenvalue weighted by atomic mass is 10.2. The van der Waals surface area contributed by atoms with Gasteiger partial charge in [0.2, 0.25) is 0 Å². The van der Waals surface area contributed by atoms with Crippen LogP contribution < -0.4 is 11.1 Å². The fraction of sp³-hybridized carbons (Fsp3) is 0.750. The van der Waals surface area contributed by atoms with Gasteiger partial charge in [0.25, 0.3) is 0 Å². The Labute approximate surface area is 112 Å². The van der Waals surface area contributed by atoms with E-state index in [-0.39, 0.29) is 24.0 Å². The molecule has 1 heterocycles. The number of hydrogen-bond donors (Lipinski definition) is 2. The molecule has 16 heavy (non-hydrogen) atoms. The SMILES string of the molecule is CC(C)CNC(N)=NCc1nnn(C)n1.I. The van der Waals surface area contributed by atoms with E-state index in [9.17, 15) is 0 Å². The molecule has 0 aliphatic heterocycles. The molecule has 7 nitrogen and oxygen atoms in total. The molecule has 1 rings (SSSR count). The van der Waals surface area contributed by atoms with Crippen molar-refractivity contribution >= 4 is 29.9 Å². The Kier molecular flexibility index (Phi) is 6.93. The van der Waals surface area contributed by atoms with Gasteiger partial charge in [-0.2, -0.15) is 4.80 Å². The maximum atomic E-state index is 5.63. The van der Waals surface area contributed by atoms with Gasteiger partial charge in [0.15, 0.2) is 11.8 Å². The van der Waals surface area contributed by atoms with Gasteiger partial charge in [0.1, 0.15) is 6.54 Å². The second kappa shape index (κ2) is 7.36. The van der Waals surface area contributed by atoms with Crippen molar-refractivity contribution in [1.29, 1.82) is 0 Å². The number of halogens is 1. The van der Waals surface area contributed by atoms with Crippen molar-refractivity contribution < 1.29 is 0 Å². The van der Waals surface area contributed by atoms with Crippen LogP contribution >= 0.6 is 24.0 Å². The van der Waals surface area contributed by atoms with E-state index in [1.54, 1.807) is 7.05 Å². The van der Waals surface area contributed by atoms with Gasteiger partial charge in [-0.3, -0.25) is 0 Å². The molecule has 0 saturated carbocycles.